The predicted molar refractivity (Wildman–Crippen MR) is 71.3 cm³/mol. The lowest BCUT2D eigenvalue weighted by atomic mass is 10.1. The van der Waals surface area contributed by atoms with Gasteiger partial charge in [0.05, 0.1) is 0 Å². The number of fused-ring (bicyclic) bond motifs is 1. The van der Waals surface area contributed by atoms with Gasteiger partial charge in [-0.25, -0.2) is 15.0 Å². The van der Waals surface area contributed by atoms with Crippen LogP contribution in [0.4, 0.5) is 5.82 Å². The van der Waals surface area contributed by atoms with E-state index in [0.717, 1.165) is 5.56 Å². The second-order valence-electron chi connectivity index (χ2n) is 4.29. The minimum Gasteiger partial charge on any atom is -0.382 e. The third-order valence-corrected chi connectivity index (χ3v) is 2.88. The summed E-state index contributed by atoms with van der Waals surface area (Å²) in [5.41, 5.74) is 7.58. The van der Waals surface area contributed by atoms with Crippen molar-refractivity contribution in [3.8, 4) is 0 Å². The summed E-state index contributed by atoms with van der Waals surface area (Å²) in [6.45, 7) is 1.75. The molecule has 4 N–H and O–H groups in total. The zero-order valence-corrected chi connectivity index (χ0v) is 10.3. The van der Waals surface area contributed by atoms with Crippen LogP contribution in [0.3, 0.4) is 0 Å². The molecule has 3 aromatic rings. The normalized spacial score (nSPS) is 12.7. The molecule has 0 saturated heterocycles. The van der Waals surface area contributed by atoms with E-state index in [0.29, 0.717) is 28.6 Å². The molecule has 2 heterocycles. The fourth-order valence-electron chi connectivity index (χ4n) is 1.97. The summed E-state index contributed by atoms with van der Waals surface area (Å²) >= 11 is 0. The molecule has 0 bridgehead atoms. The minimum atomic E-state index is -0.838. The zero-order valence-electron chi connectivity index (χ0n) is 10.3. The van der Waals surface area contributed by atoms with Crippen molar-refractivity contribution in [3.05, 3.63) is 47.5 Å². The molecule has 0 radical (unpaired) electrons. The quantitative estimate of drug-likeness (QED) is 0.641. The number of nitrogens with two attached hydrogens (primary N) is 1. The van der Waals surface area contributed by atoms with Gasteiger partial charge in [-0.15, -0.1) is 0 Å². The Balaban J connectivity index is 2.09. The average Bonchev–Trinajstić information content (AvgIpc) is 2.83. The van der Waals surface area contributed by atoms with Crippen LogP contribution in [0.5, 0.6) is 0 Å². The lowest BCUT2D eigenvalue weighted by molar-refractivity contribution is 0.211. The monoisotopic (exact) mass is 255 g/mol. The van der Waals surface area contributed by atoms with Gasteiger partial charge in [-0.1, -0.05) is 30.3 Å². The predicted octanol–water partition coefficient (Wildman–Crippen LogP) is 1.33. The third kappa shape index (κ3) is 2.02. The largest absolute Gasteiger partial charge is 0.382 e. The molecule has 1 atom stereocenters. The standard InChI is InChI=1S/C13H13N5O/c1-7-15-11(14)9-12(16-7)18-13(17-9)10(19)8-5-3-2-4-6-8/h2-6,10,19H,1H3,(H3,14,15,16,17,18). The number of hydrogen-bond acceptors (Lipinski definition) is 5. The van der Waals surface area contributed by atoms with E-state index in [9.17, 15) is 5.11 Å². The first-order chi connectivity index (χ1) is 9.15. The maximum Gasteiger partial charge on any atom is 0.183 e. The van der Waals surface area contributed by atoms with E-state index in [-0.39, 0.29) is 0 Å². The summed E-state index contributed by atoms with van der Waals surface area (Å²) in [6, 6.07) is 9.27. The molecular weight excluding hydrogens is 242 g/mol. The Labute approximate surface area is 109 Å². The van der Waals surface area contributed by atoms with Gasteiger partial charge in [-0.3, -0.25) is 0 Å². The summed E-state index contributed by atoms with van der Waals surface area (Å²) < 4.78 is 0. The lowest BCUT2D eigenvalue weighted by Crippen LogP contribution is -2.01. The van der Waals surface area contributed by atoms with E-state index >= 15 is 0 Å². The first kappa shape index (κ1) is 11.6. The molecule has 6 heteroatoms. The van der Waals surface area contributed by atoms with Crippen molar-refractivity contribution < 1.29 is 5.11 Å². The molecule has 0 aliphatic heterocycles. The minimum absolute atomic E-state index is 0.335. The van der Waals surface area contributed by atoms with Crippen molar-refractivity contribution in [1.82, 2.24) is 19.9 Å². The molecule has 1 aromatic carbocycles. The zero-order chi connectivity index (χ0) is 13.4. The Morgan fingerprint density at radius 2 is 1.89 bits per heavy atom. The van der Waals surface area contributed by atoms with Gasteiger partial charge < -0.3 is 15.8 Å². The number of nitrogen functional groups attached to an aromatic ring is 1. The first-order valence-corrected chi connectivity index (χ1v) is 5.88. The number of nitrogens with one attached hydrogen (secondary N) is 1. The van der Waals surface area contributed by atoms with E-state index in [1.165, 1.54) is 0 Å². The van der Waals surface area contributed by atoms with Crippen molar-refractivity contribution in [1.29, 1.82) is 0 Å². The highest BCUT2D eigenvalue weighted by atomic mass is 16.3. The van der Waals surface area contributed by atoms with Crippen LogP contribution >= 0.6 is 0 Å². The SMILES string of the molecule is Cc1nc(N)c2[nH]c(C(O)c3ccccc3)nc2n1. The van der Waals surface area contributed by atoms with Crippen molar-refractivity contribution in [2.45, 2.75) is 13.0 Å². The summed E-state index contributed by atoms with van der Waals surface area (Å²) in [5, 5.41) is 10.3. The van der Waals surface area contributed by atoms with Crippen LogP contribution in [0.2, 0.25) is 0 Å². The molecule has 0 fully saturated rings. The van der Waals surface area contributed by atoms with Gasteiger partial charge in [0, 0.05) is 0 Å². The fourth-order valence-corrected chi connectivity index (χ4v) is 1.97. The smallest absolute Gasteiger partial charge is 0.183 e. The first-order valence-electron chi connectivity index (χ1n) is 5.88. The summed E-state index contributed by atoms with van der Waals surface area (Å²) in [7, 11) is 0. The number of aliphatic hydroxyl groups excluding tert-OH is 1. The van der Waals surface area contributed by atoms with Crippen molar-refractivity contribution in [3.63, 3.8) is 0 Å². The molecule has 96 valence electrons. The van der Waals surface area contributed by atoms with Gasteiger partial charge in [0.15, 0.2) is 11.5 Å². The molecule has 1 unspecified atom stereocenters. The molecule has 6 nitrogen and oxygen atoms in total. The van der Waals surface area contributed by atoms with Crippen LogP contribution in [0.25, 0.3) is 11.2 Å². The Kier molecular flexibility index (Phi) is 2.64. The molecule has 19 heavy (non-hydrogen) atoms. The second kappa shape index (κ2) is 4.33. The Bertz CT molecular complexity index is 722. The second-order valence-corrected chi connectivity index (χ2v) is 4.29. The molecule has 0 spiro atoms. The molecule has 0 amide bonds. The summed E-state index contributed by atoms with van der Waals surface area (Å²) in [4.78, 5) is 15.5. The fraction of sp³-hybridized carbons (Fsp3) is 0.154. The number of anilines is 1. The number of rotatable bonds is 2. The average molecular weight is 255 g/mol. The maximum absolute atomic E-state index is 10.3. The van der Waals surface area contributed by atoms with E-state index in [1.807, 2.05) is 30.3 Å². The number of aliphatic hydroxyl groups is 1. The van der Waals surface area contributed by atoms with Gasteiger partial charge >= 0.3 is 0 Å². The van der Waals surface area contributed by atoms with Crippen molar-refractivity contribution in [2.24, 2.45) is 0 Å². The molecular formula is C13H13N5O. The van der Waals surface area contributed by atoms with Crippen LogP contribution in [-0.2, 0) is 0 Å². The van der Waals surface area contributed by atoms with E-state index in [2.05, 4.69) is 19.9 Å². The highest BCUT2D eigenvalue weighted by molar-refractivity contribution is 5.81. The Morgan fingerprint density at radius 3 is 2.63 bits per heavy atom. The van der Waals surface area contributed by atoms with Gasteiger partial charge in [-0.05, 0) is 12.5 Å². The van der Waals surface area contributed by atoms with Gasteiger partial charge in [0.1, 0.15) is 23.3 Å². The number of benzene rings is 1. The number of aryl methyl sites for hydroxylation is 1. The molecule has 0 aliphatic carbocycles. The van der Waals surface area contributed by atoms with Gasteiger partial charge in [-0.2, -0.15) is 0 Å². The van der Waals surface area contributed by atoms with Crippen LogP contribution in [-0.4, -0.2) is 25.0 Å². The number of aromatic nitrogens is 4. The maximum atomic E-state index is 10.3. The van der Waals surface area contributed by atoms with Gasteiger partial charge in [0.2, 0.25) is 0 Å². The highest BCUT2D eigenvalue weighted by Gasteiger charge is 2.16. The summed E-state index contributed by atoms with van der Waals surface area (Å²) in [5.74, 6) is 1.30. The van der Waals surface area contributed by atoms with Crippen molar-refractivity contribution >= 4 is 17.0 Å². The topological polar surface area (TPSA) is 101 Å². The van der Waals surface area contributed by atoms with E-state index < -0.39 is 6.10 Å². The summed E-state index contributed by atoms with van der Waals surface area (Å²) in [6.07, 6.45) is -0.838. The Morgan fingerprint density at radius 1 is 1.16 bits per heavy atom. The van der Waals surface area contributed by atoms with Gasteiger partial charge in [0.25, 0.3) is 0 Å². The number of H-pyrrole nitrogens is 1. The molecule has 0 aliphatic rings. The number of imidazole rings is 1. The van der Waals surface area contributed by atoms with Crippen LogP contribution in [0.15, 0.2) is 30.3 Å². The third-order valence-electron chi connectivity index (χ3n) is 2.88. The molecule has 0 saturated carbocycles. The van der Waals surface area contributed by atoms with Crippen LogP contribution in [0, 0.1) is 6.92 Å². The lowest BCUT2D eigenvalue weighted by Gasteiger charge is -2.06. The number of hydrogen-bond donors (Lipinski definition) is 3. The van der Waals surface area contributed by atoms with E-state index in [1.54, 1.807) is 6.92 Å². The van der Waals surface area contributed by atoms with Crippen LogP contribution in [0.1, 0.15) is 23.3 Å². The molecule has 2 aromatic heterocycles. The highest BCUT2D eigenvalue weighted by Crippen LogP contribution is 2.23. The number of aromatic amines is 1. The Hall–Kier alpha value is -2.47. The van der Waals surface area contributed by atoms with E-state index in [4.69, 9.17) is 5.73 Å². The number of nitrogens with zero attached hydrogens (tertiary/aromatic N) is 3. The molecule has 3 rings (SSSR count). The van der Waals surface area contributed by atoms with Crippen LogP contribution < -0.4 is 5.73 Å². The van der Waals surface area contributed by atoms with Crippen molar-refractivity contribution in [2.75, 3.05) is 5.73 Å².